The lowest BCUT2D eigenvalue weighted by Crippen LogP contribution is -2.29. The minimum atomic E-state index is -3.52. The molecule has 0 radical (unpaired) electrons. The molecule has 0 spiro atoms. The van der Waals surface area contributed by atoms with Gasteiger partial charge in [0.2, 0.25) is 10.0 Å². The van der Waals surface area contributed by atoms with Crippen molar-refractivity contribution < 1.29 is 17.9 Å². The number of ether oxygens (including phenoxy) is 2. The third-order valence-electron chi connectivity index (χ3n) is 5.38. The first-order chi connectivity index (χ1) is 13.0. The van der Waals surface area contributed by atoms with Crippen LogP contribution in [0.3, 0.4) is 0 Å². The van der Waals surface area contributed by atoms with Gasteiger partial charge in [-0.15, -0.1) is 0 Å². The van der Waals surface area contributed by atoms with Crippen LogP contribution in [-0.4, -0.2) is 53.1 Å². The van der Waals surface area contributed by atoms with Crippen molar-refractivity contribution in [1.29, 1.82) is 0 Å². The van der Waals surface area contributed by atoms with Gasteiger partial charge >= 0.3 is 0 Å². The molecule has 2 aromatic carbocycles. The topological polar surface area (TPSA) is 59.1 Å². The van der Waals surface area contributed by atoms with Gasteiger partial charge in [0, 0.05) is 26.2 Å². The fourth-order valence-corrected chi connectivity index (χ4v) is 5.29. The monoisotopic (exact) mass is 388 g/mol. The van der Waals surface area contributed by atoms with E-state index < -0.39 is 10.0 Å². The van der Waals surface area contributed by atoms with Crippen LogP contribution >= 0.6 is 0 Å². The Morgan fingerprint density at radius 3 is 2.81 bits per heavy atom. The van der Waals surface area contributed by atoms with Crippen molar-refractivity contribution >= 4 is 15.7 Å². The number of fused-ring (bicyclic) bond motifs is 1. The predicted molar refractivity (Wildman–Crippen MR) is 104 cm³/mol. The van der Waals surface area contributed by atoms with E-state index in [1.807, 2.05) is 0 Å². The molecule has 0 N–H and O–H groups in total. The van der Waals surface area contributed by atoms with Crippen molar-refractivity contribution in [3.63, 3.8) is 0 Å². The van der Waals surface area contributed by atoms with Gasteiger partial charge in [0.1, 0.15) is 18.1 Å². The second kappa shape index (κ2) is 7.05. The normalized spacial score (nSPS) is 20.2. The van der Waals surface area contributed by atoms with Gasteiger partial charge in [-0.3, -0.25) is 0 Å². The van der Waals surface area contributed by atoms with Crippen molar-refractivity contribution in [2.45, 2.75) is 17.2 Å². The number of rotatable bonds is 4. The number of methoxy groups -OCH3 is 1. The molecule has 0 saturated carbocycles. The van der Waals surface area contributed by atoms with Gasteiger partial charge < -0.3 is 14.4 Å². The summed E-state index contributed by atoms with van der Waals surface area (Å²) in [4.78, 5) is 2.45. The molecule has 0 aromatic heterocycles. The Morgan fingerprint density at radius 1 is 1.15 bits per heavy atom. The molecule has 0 unspecified atom stereocenters. The minimum absolute atomic E-state index is 0.173. The quantitative estimate of drug-likeness (QED) is 0.806. The molecule has 0 aliphatic carbocycles. The van der Waals surface area contributed by atoms with Crippen molar-refractivity contribution in [3.05, 3.63) is 48.0 Å². The number of benzene rings is 2. The zero-order valence-electron chi connectivity index (χ0n) is 15.6. The van der Waals surface area contributed by atoms with Crippen molar-refractivity contribution in [3.8, 4) is 11.5 Å². The van der Waals surface area contributed by atoms with E-state index in [1.165, 1.54) is 7.11 Å². The van der Waals surface area contributed by atoms with Gasteiger partial charge in [-0.25, -0.2) is 8.42 Å². The Balaban J connectivity index is 1.55. The van der Waals surface area contributed by atoms with Gasteiger partial charge in [0.15, 0.2) is 0 Å². The highest BCUT2D eigenvalue weighted by molar-refractivity contribution is 7.89. The van der Waals surface area contributed by atoms with Crippen molar-refractivity contribution in [2.24, 2.45) is 0 Å². The average molecular weight is 388 g/mol. The molecule has 6 nitrogen and oxygen atoms in total. The van der Waals surface area contributed by atoms with Crippen LogP contribution in [0.1, 0.15) is 17.9 Å². The SMILES string of the molecule is COc1cccc(S(=O)(=O)N2CC[C@H](c3ccc4c(c3)OCCN4C)C2)c1. The van der Waals surface area contributed by atoms with E-state index in [0.717, 1.165) is 30.0 Å². The molecule has 2 heterocycles. The molecule has 2 aliphatic heterocycles. The van der Waals surface area contributed by atoms with Crippen LogP contribution in [0.15, 0.2) is 47.4 Å². The summed E-state index contributed by atoms with van der Waals surface area (Å²) in [6.07, 6.45) is 0.803. The lowest BCUT2D eigenvalue weighted by atomic mass is 9.97. The van der Waals surface area contributed by atoms with Gasteiger partial charge in [-0.2, -0.15) is 4.31 Å². The summed E-state index contributed by atoms with van der Waals surface area (Å²) in [6, 6.07) is 12.9. The van der Waals surface area contributed by atoms with E-state index in [2.05, 4.69) is 30.1 Å². The number of sulfonamides is 1. The molecule has 0 amide bonds. The van der Waals surface area contributed by atoms with Crippen LogP contribution in [0.4, 0.5) is 5.69 Å². The Labute approximate surface area is 160 Å². The van der Waals surface area contributed by atoms with E-state index in [-0.39, 0.29) is 10.8 Å². The van der Waals surface area contributed by atoms with Gasteiger partial charge in [0.05, 0.1) is 24.2 Å². The number of hydrogen-bond donors (Lipinski definition) is 0. The summed E-state index contributed by atoms with van der Waals surface area (Å²) in [5.41, 5.74) is 2.22. The molecule has 1 atom stereocenters. The van der Waals surface area contributed by atoms with Crippen molar-refractivity contribution in [2.75, 3.05) is 45.3 Å². The highest BCUT2D eigenvalue weighted by Gasteiger charge is 2.34. The maximum Gasteiger partial charge on any atom is 0.243 e. The van der Waals surface area contributed by atoms with Crippen LogP contribution in [0.2, 0.25) is 0 Å². The standard InChI is InChI=1S/C20H24N2O4S/c1-21-10-11-26-20-12-15(6-7-19(20)21)16-8-9-22(14-16)27(23,24)18-5-3-4-17(13-18)25-2/h3-7,12-13,16H,8-11,14H2,1-2H3/t16-/m0/s1. The largest absolute Gasteiger partial charge is 0.497 e. The molecule has 1 fully saturated rings. The Hall–Kier alpha value is -2.25. The number of anilines is 1. The van der Waals surface area contributed by atoms with E-state index in [1.54, 1.807) is 28.6 Å². The number of likely N-dealkylation sites (N-methyl/N-ethyl adjacent to an activating group) is 1. The molecule has 144 valence electrons. The van der Waals surface area contributed by atoms with Gasteiger partial charge in [-0.05, 0) is 42.2 Å². The molecule has 4 rings (SSSR count). The van der Waals surface area contributed by atoms with E-state index >= 15 is 0 Å². The smallest absolute Gasteiger partial charge is 0.243 e. The molecule has 27 heavy (non-hydrogen) atoms. The summed E-state index contributed by atoms with van der Waals surface area (Å²) >= 11 is 0. The van der Waals surface area contributed by atoms with Gasteiger partial charge in [-0.1, -0.05) is 12.1 Å². The average Bonchev–Trinajstić information content (AvgIpc) is 3.19. The molecule has 1 saturated heterocycles. The molecule has 0 bridgehead atoms. The zero-order chi connectivity index (χ0) is 19.0. The predicted octanol–water partition coefficient (Wildman–Crippen LogP) is 2.70. The first-order valence-electron chi connectivity index (χ1n) is 9.11. The highest BCUT2D eigenvalue weighted by Crippen LogP contribution is 2.37. The van der Waals surface area contributed by atoms with E-state index in [9.17, 15) is 8.42 Å². The Morgan fingerprint density at radius 2 is 2.00 bits per heavy atom. The van der Waals surface area contributed by atoms with Crippen LogP contribution in [-0.2, 0) is 10.0 Å². The van der Waals surface area contributed by atoms with Crippen LogP contribution in [0.5, 0.6) is 11.5 Å². The minimum Gasteiger partial charge on any atom is -0.497 e. The lowest BCUT2D eigenvalue weighted by Gasteiger charge is -2.28. The molecule has 7 heteroatoms. The molecular formula is C20H24N2O4S. The maximum atomic E-state index is 13.0. The van der Waals surface area contributed by atoms with Crippen LogP contribution < -0.4 is 14.4 Å². The molecular weight excluding hydrogens is 364 g/mol. The van der Waals surface area contributed by atoms with E-state index in [4.69, 9.17) is 9.47 Å². The summed E-state index contributed by atoms with van der Waals surface area (Å²) in [5, 5.41) is 0. The summed E-state index contributed by atoms with van der Waals surface area (Å²) in [5.74, 6) is 1.60. The summed E-state index contributed by atoms with van der Waals surface area (Å²) < 4.78 is 38.5. The van der Waals surface area contributed by atoms with Gasteiger partial charge in [0.25, 0.3) is 0 Å². The fourth-order valence-electron chi connectivity index (χ4n) is 3.76. The third kappa shape index (κ3) is 3.37. The van der Waals surface area contributed by atoms with Crippen LogP contribution in [0.25, 0.3) is 0 Å². The Kier molecular flexibility index (Phi) is 4.74. The highest BCUT2D eigenvalue weighted by atomic mass is 32.2. The van der Waals surface area contributed by atoms with Crippen molar-refractivity contribution in [1.82, 2.24) is 4.31 Å². The lowest BCUT2D eigenvalue weighted by molar-refractivity contribution is 0.311. The van der Waals surface area contributed by atoms with Crippen LogP contribution in [0, 0.1) is 0 Å². The fraction of sp³-hybridized carbons (Fsp3) is 0.400. The molecule has 2 aliphatic rings. The first-order valence-corrected chi connectivity index (χ1v) is 10.5. The number of hydrogen-bond acceptors (Lipinski definition) is 5. The third-order valence-corrected chi connectivity index (χ3v) is 7.24. The second-order valence-corrected chi connectivity index (χ2v) is 8.96. The Bertz CT molecular complexity index is 945. The summed E-state index contributed by atoms with van der Waals surface area (Å²) in [7, 11) is 0.0651. The summed E-state index contributed by atoms with van der Waals surface area (Å²) in [6.45, 7) is 2.55. The first kappa shape index (κ1) is 18.1. The maximum absolute atomic E-state index is 13.0. The molecule has 2 aromatic rings. The number of nitrogens with zero attached hydrogens (tertiary/aromatic N) is 2. The second-order valence-electron chi connectivity index (χ2n) is 7.02. The van der Waals surface area contributed by atoms with E-state index in [0.29, 0.717) is 25.4 Å². The zero-order valence-corrected chi connectivity index (χ0v) is 16.4.